The normalized spacial score (nSPS) is 20.5. The van der Waals surface area contributed by atoms with E-state index in [4.69, 9.17) is 0 Å². The molecule has 21 heavy (non-hydrogen) atoms. The van der Waals surface area contributed by atoms with Crippen LogP contribution in [0, 0.1) is 0 Å². The first-order valence-electron chi connectivity index (χ1n) is 7.32. The monoisotopic (exact) mass is 300 g/mol. The van der Waals surface area contributed by atoms with E-state index in [2.05, 4.69) is 30.8 Å². The number of hydrogen-bond acceptors (Lipinski definition) is 3. The standard InChI is InChI=1S/C14H22F2N4O/c1-4-11-9-18(7-8-19(11)10(2)3)13(21)12-5-6-20(17-12)14(15)16/h5-6,10-11,14H,4,7-9H2,1-3H3/t11-/m1/s1. The van der Waals surface area contributed by atoms with E-state index in [1.807, 2.05) is 0 Å². The summed E-state index contributed by atoms with van der Waals surface area (Å²) in [5, 5.41) is 3.65. The van der Waals surface area contributed by atoms with Crippen LogP contribution < -0.4 is 0 Å². The molecule has 118 valence electrons. The van der Waals surface area contributed by atoms with E-state index >= 15 is 0 Å². The van der Waals surface area contributed by atoms with Gasteiger partial charge in [-0.05, 0) is 26.3 Å². The predicted octanol–water partition coefficient (Wildman–Crippen LogP) is 2.22. The van der Waals surface area contributed by atoms with Gasteiger partial charge in [0.25, 0.3) is 5.91 Å². The van der Waals surface area contributed by atoms with Crippen molar-refractivity contribution in [3.8, 4) is 0 Å². The quantitative estimate of drug-likeness (QED) is 0.856. The van der Waals surface area contributed by atoms with Crippen LogP contribution in [0.2, 0.25) is 0 Å². The molecule has 0 unspecified atom stereocenters. The van der Waals surface area contributed by atoms with E-state index in [0.717, 1.165) is 19.2 Å². The Hall–Kier alpha value is -1.50. The highest BCUT2D eigenvalue weighted by atomic mass is 19.3. The van der Waals surface area contributed by atoms with Gasteiger partial charge in [0.1, 0.15) is 0 Å². The smallest absolute Gasteiger partial charge is 0.333 e. The second-order valence-corrected chi connectivity index (χ2v) is 5.60. The van der Waals surface area contributed by atoms with Crippen LogP contribution in [0.15, 0.2) is 12.3 Å². The van der Waals surface area contributed by atoms with E-state index in [-0.39, 0.29) is 11.6 Å². The Morgan fingerprint density at radius 3 is 2.67 bits per heavy atom. The van der Waals surface area contributed by atoms with E-state index in [9.17, 15) is 13.6 Å². The molecule has 0 aromatic carbocycles. The van der Waals surface area contributed by atoms with Crippen molar-refractivity contribution < 1.29 is 13.6 Å². The van der Waals surface area contributed by atoms with E-state index in [1.54, 1.807) is 4.90 Å². The average molecular weight is 300 g/mol. The maximum Gasteiger partial charge on any atom is 0.333 e. The Balaban J connectivity index is 2.06. The Bertz CT molecular complexity index is 489. The molecule has 1 atom stereocenters. The van der Waals surface area contributed by atoms with Crippen molar-refractivity contribution in [3.63, 3.8) is 0 Å². The van der Waals surface area contributed by atoms with Crippen molar-refractivity contribution in [1.29, 1.82) is 0 Å². The van der Waals surface area contributed by atoms with Gasteiger partial charge in [-0.1, -0.05) is 6.92 Å². The Morgan fingerprint density at radius 1 is 1.43 bits per heavy atom. The lowest BCUT2D eigenvalue weighted by Gasteiger charge is -2.43. The first-order chi connectivity index (χ1) is 9.93. The summed E-state index contributed by atoms with van der Waals surface area (Å²) in [7, 11) is 0. The minimum absolute atomic E-state index is 0.0863. The molecule has 0 radical (unpaired) electrons. The molecule has 7 heteroatoms. The average Bonchev–Trinajstić information content (AvgIpc) is 2.95. The summed E-state index contributed by atoms with van der Waals surface area (Å²) in [5.41, 5.74) is 0.0863. The summed E-state index contributed by atoms with van der Waals surface area (Å²) in [6.45, 7) is 5.70. The number of rotatable bonds is 4. The molecule has 0 saturated carbocycles. The highest BCUT2D eigenvalue weighted by molar-refractivity contribution is 5.92. The first-order valence-corrected chi connectivity index (χ1v) is 7.32. The molecule has 1 aromatic rings. The molecule has 0 bridgehead atoms. The van der Waals surface area contributed by atoms with Crippen molar-refractivity contribution in [2.45, 2.75) is 45.8 Å². The van der Waals surface area contributed by atoms with Crippen LogP contribution in [0.1, 0.15) is 44.2 Å². The molecule has 1 aliphatic heterocycles. The fourth-order valence-corrected chi connectivity index (χ4v) is 2.82. The van der Waals surface area contributed by atoms with Gasteiger partial charge >= 0.3 is 6.55 Å². The number of nitrogens with zero attached hydrogens (tertiary/aromatic N) is 4. The predicted molar refractivity (Wildman–Crippen MR) is 75.3 cm³/mol. The number of alkyl halides is 2. The lowest BCUT2D eigenvalue weighted by molar-refractivity contribution is 0.0356. The van der Waals surface area contributed by atoms with Crippen LogP contribution in [0.3, 0.4) is 0 Å². The number of carbonyl (C=O) groups is 1. The van der Waals surface area contributed by atoms with Crippen molar-refractivity contribution in [2.24, 2.45) is 0 Å². The summed E-state index contributed by atoms with van der Waals surface area (Å²) in [5.74, 6) is -0.267. The molecular formula is C14H22F2N4O. The number of halogens is 2. The molecule has 1 saturated heterocycles. The second kappa shape index (κ2) is 6.51. The summed E-state index contributed by atoms with van der Waals surface area (Å²) in [6, 6.07) is 2.09. The van der Waals surface area contributed by atoms with Crippen LogP contribution in [0.25, 0.3) is 0 Å². The number of piperazine rings is 1. The highest BCUT2D eigenvalue weighted by Crippen LogP contribution is 2.18. The molecular weight excluding hydrogens is 278 g/mol. The molecule has 1 fully saturated rings. The van der Waals surface area contributed by atoms with Gasteiger partial charge in [-0.15, -0.1) is 0 Å². The van der Waals surface area contributed by atoms with E-state index in [1.165, 1.54) is 6.07 Å². The van der Waals surface area contributed by atoms with Gasteiger partial charge in [0.15, 0.2) is 5.69 Å². The van der Waals surface area contributed by atoms with Crippen molar-refractivity contribution in [1.82, 2.24) is 19.6 Å². The van der Waals surface area contributed by atoms with Gasteiger partial charge in [0.05, 0.1) is 0 Å². The maximum atomic E-state index is 12.5. The summed E-state index contributed by atoms with van der Waals surface area (Å²) in [4.78, 5) is 16.5. The molecule has 0 spiro atoms. The van der Waals surface area contributed by atoms with Crippen LogP contribution in [0.5, 0.6) is 0 Å². The van der Waals surface area contributed by atoms with Gasteiger partial charge in [0.2, 0.25) is 0 Å². The zero-order valence-corrected chi connectivity index (χ0v) is 12.7. The van der Waals surface area contributed by atoms with Gasteiger partial charge in [0, 0.05) is 37.9 Å². The minimum Gasteiger partial charge on any atom is -0.334 e. The summed E-state index contributed by atoms with van der Waals surface area (Å²) in [6.07, 6.45) is 2.09. The zero-order chi connectivity index (χ0) is 15.6. The molecule has 1 amide bonds. The molecule has 2 rings (SSSR count). The Kier molecular flexibility index (Phi) is 4.92. The van der Waals surface area contributed by atoms with E-state index in [0.29, 0.717) is 29.9 Å². The lowest BCUT2D eigenvalue weighted by Crippen LogP contribution is -2.56. The van der Waals surface area contributed by atoms with Gasteiger partial charge in [-0.2, -0.15) is 13.9 Å². The third kappa shape index (κ3) is 3.40. The molecule has 2 heterocycles. The number of amides is 1. The van der Waals surface area contributed by atoms with Crippen molar-refractivity contribution >= 4 is 5.91 Å². The third-order valence-corrected chi connectivity index (χ3v) is 3.98. The lowest BCUT2D eigenvalue weighted by atomic mass is 10.1. The Morgan fingerprint density at radius 2 is 2.14 bits per heavy atom. The Labute approximate surface area is 123 Å². The fourth-order valence-electron chi connectivity index (χ4n) is 2.82. The third-order valence-electron chi connectivity index (χ3n) is 3.98. The fraction of sp³-hybridized carbons (Fsp3) is 0.714. The van der Waals surface area contributed by atoms with Gasteiger partial charge < -0.3 is 4.90 Å². The van der Waals surface area contributed by atoms with Crippen LogP contribution in [0.4, 0.5) is 8.78 Å². The molecule has 5 nitrogen and oxygen atoms in total. The van der Waals surface area contributed by atoms with Gasteiger partial charge in [-0.25, -0.2) is 4.68 Å². The summed E-state index contributed by atoms with van der Waals surface area (Å²) < 4.78 is 25.5. The number of hydrogen-bond donors (Lipinski definition) is 0. The molecule has 0 aliphatic carbocycles. The first kappa shape index (κ1) is 15.9. The molecule has 1 aliphatic rings. The van der Waals surface area contributed by atoms with Crippen molar-refractivity contribution in [2.75, 3.05) is 19.6 Å². The number of aromatic nitrogens is 2. The summed E-state index contributed by atoms with van der Waals surface area (Å²) >= 11 is 0. The van der Waals surface area contributed by atoms with Crippen LogP contribution in [-0.2, 0) is 0 Å². The largest absolute Gasteiger partial charge is 0.334 e. The number of carbonyl (C=O) groups excluding carboxylic acids is 1. The topological polar surface area (TPSA) is 41.4 Å². The minimum atomic E-state index is -2.72. The highest BCUT2D eigenvalue weighted by Gasteiger charge is 2.31. The van der Waals surface area contributed by atoms with Crippen molar-refractivity contribution in [3.05, 3.63) is 18.0 Å². The second-order valence-electron chi connectivity index (χ2n) is 5.60. The zero-order valence-electron chi connectivity index (χ0n) is 12.7. The van der Waals surface area contributed by atoms with Crippen LogP contribution >= 0.6 is 0 Å². The van der Waals surface area contributed by atoms with Gasteiger partial charge in [-0.3, -0.25) is 9.69 Å². The SMILES string of the molecule is CC[C@@H]1CN(C(=O)c2ccn(C(F)F)n2)CCN1C(C)C. The van der Waals surface area contributed by atoms with Crippen LogP contribution in [-0.4, -0.2) is 57.2 Å². The van der Waals surface area contributed by atoms with E-state index < -0.39 is 6.55 Å². The molecule has 1 aromatic heterocycles. The maximum absolute atomic E-state index is 12.5. The molecule has 0 N–H and O–H groups in total.